The fourth-order valence-electron chi connectivity index (χ4n) is 1.95. The highest BCUT2D eigenvalue weighted by Gasteiger charge is 2.18. The molecule has 0 radical (unpaired) electrons. The van der Waals surface area contributed by atoms with Crippen molar-refractivity contribution >= 4 is 46.6 Å². The van der Waals surface area contributed by atoms with Gasteiger partial charge in [0.1, 0.15) is 5.82 Å². The molecule has 0 aromatic heterocycles. The summed E-state index contributed by atoms with van der Waals surface area (Å²) in [6.07, 6.45) is 1.67. The van der Waals surface area contributed by atoms with Crippen LogP contribution in [-0.4, -0.2) is 29.7 Å². The van der Waals surface area contributed by atoms with Gasteiger partial charge < -0.3 is 10.1 Å². The SMILES string of the molecule is CSc1ccc(C(=O)OCC(=O)Nc2cc(Cl)ccc2F)cc1[N+](=O)[O-]. The van der Waals surface area contributed by atoms with Crippen molar-refractivity contribution in [2.75, 3.05) is 18.2 Å². The van der Waals surface area contributed by atoms with Gasteiger partial charge in [0.25, 0.3) is 11.6 Å². The zero-order valence-corrected chi connectivity index (χ0v) is 14.9. The molecular weight excluding hydrogens is 387 g/mol. The maximum atomic E-state index is 13.5. The maximum Gasteiger partial charge on any atom is 0.338 e. The largest absolute Gasteiger partial charge is 0.452 e. The Hall–Kier alpha value is -2.65. The summed E-state index contributed by atoms with van der Waals surface area (Å²) in [7, 11) is 0. The average molecular weight is 399 g/mol. The highest BCUT2D eigenvalue weighted by Crippen LogP contribution is 2.28. The molecule has 1 amide bonds. The Bertz CT molecular complexity index is 878. The molecule has 2 aromatic rings. The van der Waals surface area contributed by atoms with E-state index in [1.165, 1.54) is 24.3 Å². The van der Waals surface area contributed by atoms with Crippen LogP contribution in [0.4, 0.5) is 15.8 Å². The molecule has 0 aliphatic carbocycles. The van der Waals surface area contributed by atoms with Crippen molar-refractivity contribution in [3.63, 3.8) is 0 Å². The van der Waals surface area contributed by atoms with Gasteiger partial charge in [-0.05, 0) is 36.6 Å². The van der Waals surface area contributed by atoms with Gasteiger partial charge in [-0.15, -0.1) is 11.8 Å². The highest BCUT2D eigenvalue weighted by atomic mass is 35.5. The Labute approximate surface area is 156 Å². The van der Waals surface area contributed by atoms with Crippen molar-refractivity contribution in [3.05, 3.63) is 62.9 Å². The summed E-state index contributed by atoms with van der Waals surface area (Å²) in [6, 6.07) is 7.45. The number of hydrogen-bond acceptors (Lipinski definition) is 6. The maximum absolute atomic E-state index is 13.5. The fraction of sp³-hybridized carbons (Fsp3) is 0.125. The number of nitrogens with zero attached hydrogens (tertiary/aromatic N) is 1. The van der Waals surface area contributed by atoms with Gasteiger partial charge in [0.15, 0.2) is 6.61 Å². The molecule has 26 heavy (non-hydrogen) atoms. The number of nitro benzene ring substituents is 1. The molecule has 0 spiro atoms. The Morgan fingerprint density at radius 2 is 2.04 bits per heavy atom. The zero-order chi connectivity index (χ0) is 19.3. The lowest BCUT2D eigenvalue weighted by atomic mass is 10.2. The molecule has 1 N–H and O–H groups in total. The molecule has 2 aromatic carbocycles. The quantitative estimate of drug-likeness (QED) is 0.343. The summed E-state index contributed by atoms with van der Waals surface area (Å²) < 4.78 is 18.3. The van der Waals surface area contributed by atoms with Crippen LogP contribution in [0.25, 0.3) is 0 Å². The molecule has 0 saturated carbocycles. The molecule has 0 atom stereocenters. The molecule has 136 valence electrons. The second-order valence-corrected chi connectivity index (χ2v) is 6.18. The van der Waals surface area contributed by atoms with E-state index in [-0.39, 0.29) is 22.0 Å². The normalized spacial score (nSPS) is 10.3. The first-order valence-electron chi connectivity index (χ1n) is 7.06. The van der Waals surface area contributed by atoms with Crippen LogP contribution in [0.3, 0.4) is 0 Å². The Balaban J connectivity index is 2.02. The fourth-order valence-corrected chi connectivity index (χ4v) is 2.67. The average Bonchev–Trinajstić information content (AvgIpc) is 2.62. The van der Waals surface area contributed by atoms with E-state index >= 15 is 0 Å². The molecule has 2 rings (SSSR count). The third-order valence-electron chi connectivity index (χ3n) is 3.15. The van der Waals surface area contributed by atoms with Crippen LogP contribution in [0.5, 0.6) is 0 Å². The van der Waals surface area contributed by atoms with Gasteiger partial charge in [0.2, 0.25) is 0 Å². The number of esters is 1. The molecule has 7 nitrogen and oxygen atoms in total. The van der Waals surface area contributed by atoms with Gasteiger partial charge in [-0.3, -0.25) is 14.9 Å². The number of benzene rings is 2. The summed E-state index contributed by atoms with van der Waals surface area (Å²) in [5.74, 6) is -2.39. The van der Waals surface area contributed by atoms with E-state index in [1.54, 1.807) is 6.26 Å². The first-order valence-corrected chi connectivity index (χ1v) is 8.66. The Morgan fingerprint density at radius 3 is 2.69 bits per heavy atom. The lowest BCUT2D eigenvalue weighted by molar-refractivity contribution is -0.387. The summed E-state index contributed by atoms with van der Waals surface area (Å²) in [4.78, 5) is 34.5. The van der Waals surface area contributed by atoms with Crippen LogP contribution < -0.4 is 5.32 Å². The Morgan fingerprint density at radius 1 is 1.31 bits per heavy atom. The summed E-state index contributed by atoms with van der Waals surface area (Å²) in [6.45, 7) is -0.692. The molecule has 0 saturated heterocycles. The second-order valence-electron chi connectivity index (χ2n) is 4.89. The van der Waals surface area contributed by atoms with E-state index in [9.17, 15) is 24.1 Å². The lowest BCUT2D eigenvalue weighted by Crippen LogP contribution is -2.21. The topological polar surface area (TPSA) is 98.5 Å². The Kier molecular flexibility index (Phi) is 6.53. The molecule has 0 bridgehead atoms. The molecule has 0 unspecified atom stereocenters. The third-order valence-corrected chi connectivity index (χ3v) is 4.17. The van der Waals surface area contributed by atoms with Crippen LogP contribution in [0, 0.1) is 15.9 Å². The van der Waals surface area contributed by atoms with Gasteiger partial charge in [-0.25, -0.2) is 9.18 Å². The standard InChI is InChI=1S/C16H12ClFN2O5S/c1-26-14-5-2-9(6-13(14)20(23)24)16(22)25-8-15(21)19-12-7-10(17)3-4-11(12)18/h2-7H,8H2,1H3,(H,19,21). The smallest absolute Gasteiger partial charge is 0.338 e. The van der Waals surface area contributed by atoms with Gasteiger partial charge in [0.05, 0.1) is 21.1 Å². The number of ether oxygens (including phenoxy) is 1. The molecular formula is C16H12ClFN2O5S. The predicted octanol–water partition coefficient (Wildman–Crippen LogP) is 3.90. The molecule has 0 fully saturated rings. The number of anilines is 1. The number of thioether (sulfide) groups is 1. The van der Waals surface area contributed by atoms with Crippen LogP contribution in [-0.2, 0) is 9.53 Å². The van der Waals surface area contributed by atoms with Gasteiger partial charge in [0, 0.05) is 11.1 Å². The number of carbonyl (C=O) groups excluding carboxylic acids is 2. The van der Waals surface area contributed by atoms with E-state index in [2.05, 4.69) is 5.32 Å². The molecule has 0 aliphatic rings. The van der Waals surface area contributed by atoms with E-state index in [0.29, 0.717) is 4.90 Å². The minimum absolute atomic E-state index is 0.0729. The van der Waals surface area contributed by atoms with Crippen LogP contribution in [0.15, 0.2) is 41.3 Å². The van der Waals surface area contributed by atoms with E-state index in [4.69, 9.17) is 16.3 Å². The van der Waals surface area contributed by atoms with Crippen LogP contribution in [0.1, 0.15) is 10.4 Å². The van der Waals surface area contributed by atoms with E-state index < -0.39 is 29.2 Å². The van der Waals surface area contributed by atoms with Crippen LogP contribution >= 0.6 is 23.4 Å². The highest BCUT2D eigenvalue weighted by molar-refractivity contribution is 7.98. The van der Waals surface area contributed by atoms with Crippen molar-refractivity contribution in [1.29, 1.82) is 0 Å². The monoisotopic (exact) mass is 398 g/mol. The summed E-state index contributed by atoms with van der Waals surface area (Å²) in [5.41, 5.74) is -0.466. The summed E-state index contributed by atoms with van der Waals surface area (Å²) >= 11 is 6.87. The van der Waals surface area contributed by atoms with Gasteiger partial charge in [-0.2, -0.15) is 0 Å². The van der Waals surface area contributed by atoms with Crippen molar-refractivity contribution in [2.24, 2.45) is 0 Å². The molecule has 10 heteroatoms. The number of halogens is 2. The van der Waals surface area contributed by atoms with Gasteiger partial charge in [-0.1, -0.05) is 11.6 Å². The first-order chi connectivity index (χ1) is 12.3. The lowest BCUT2D eigenvalue weighted by Gasteiger charge is -2.08. The number of amides is 1. The predicted molar refractivity (Wildman–Crippen MR) is 95.2 cm³/mol. The zero-order valence-electron chi connectivity index (χ0n) is 13.3. The third kappa shape index (κ3) is 4.93. The van der Waals surface area contributed by atoms with E-state index in [0.717, 1.165) is 23.9 Å². The minimum Gasteiger partial charge on any atom is -0.452 e. The number of nitro groups is 1. The van der Waals surface area contributed by atoms with Crippen molar-refractivity contribution in [1.82, 2.24) is 0 Å². The number of hydrogen-bond donors (Lipinski definition) is 1. The minimum atomic E-state index is -0.914. The second kappa shape index (κ2) is 8.63. The van der Waals surface area contributed by atoms with Gasteiger partial charge >= 0.3 is 5.97 Å². The van der Waals surface area contributed by atoms with E-state index in [1.807, 2.05) is 0 Å². The van der Waals surface area contributed by atoms with Crippen molar-refractivity contribution in [3.8, 4) is 0 Å². The molecule has 0 heterocycles. The number of rotatable bonds is 6. The van der Waals surface area contributed by atoms with Crippen LogP contribution in [0.2, 0.25) is 5.02 Å². The number of nitrogens with one attached hydrogen (secondary N) is 1. The molecule has 0 aliphatic heterocycles. The van der Waals surface area contributed by atoms with Crippen molar-refractivity contribution in [2.45, 2.75) is 4.90 Å². The van der Waals surface area contributed by atoms with Crippen molar-refractivity contribution < 1.29 is 23.6 Å². The first kappa shape index (κ1) is 19.7. The summed E-state index contributed by atoms with van der Waals surface area (Å²) in [5, 5.41) is 13.5. The number of carbonyl (C=O) groups is 2.